The third-order valence-corrected chi connectivity index (χ3v) is 5.01. The summed E-state index contributed by atoms with van der Waals surface area (Å²) in [5, 5.41) is 3.68. The highest BCUT2D eigenvalue weighted by molar-refractivity contribution is 5.84. The van der Waals surface area contributed by atoms with Crippen LogP contribution >= 0.6 is 0 Å². The molecule has 5 atom stereocenters. The molecular formula is C22H31F3N4O4. The summed E-state index contributed by atoms with van der Waals surface area (Å²) in [5.41, 5.74) is 9.18. The molecule has 1 aliphatic heterocycles. The average Bonchev–Trinajstić information content (AvgIpc) is 2.77. The van der Waals surface area contributed by atoms with Gasteiger partial charge in [-0.2, -0.15) is 13.2 Å². The number of rotatable bonds is 11. The number of hydrogen-bond donors (Lipinski definition) is 0. The molecule has 0 saturated carbocycles. The summed E-state index contributed by atoms with van der Waals surface area (Å²) in [4.78, 5) is 6.41. The van der Waals surface area contributed by atoms with Crippen LogP contribution in [0, 0.1) is 0 Å². The van der Waals surface area contributed by atoms with Crippen LogP contribution in [0.4, 0.5) is 18.9 Å². The second-order valence-electron chi connectivity index (χ2n) is 7.65. The van der Waals surface area contributed by atoms with Crippen molar-refractivity contribution in [2.75, 3.05) is 13.2 Å². The fourth-order valence-corrected chi connectivity index (χ4v) is 3.30. The highest BCUT2D eigenvalue weighted by atomic mass is 19.4. The molecule has 0 N–H and O–H groups in total. The summed E-state index contributed by atoms with van der Waals surface area (Å²) in [7, 11) is 0. The molecule has 184 valence electrons. The molecule has 0 aliphatic carbocycles. The number of ether oxygens (including phenoxy) is 4. The van der Waals surface area contributed by atoms with Crippen LogP contribution < -0.4 is 0 Å². The Morgan fingerprint density at radius 1 is 1.06 bits per heavy atom. The average molecular weight is 473 g/mol. The van der Waals surface area contributed by atoms with E-state index in [0.29, 0.717) is 13.2 Å². The van der Waals surface area contributed by atoms with E-state index in [0.717, 1.165) is 25.7 Å². The van der Waals surface area contributed by atoms with Gasteiger partial charge in [-0.25, -0.2) is 4.99 Å². The van der Waals surface area contributed by atoms with Gasteiger partial charge < -0.3 is 18.9 Å². The maximum atomic E-state index is 13.7. The van der Waals surface area contributed by atoms with Gasteiger partial charge in [0, 0.05) is 18.1 Å². The summed E-state index contributed by atoms with van der Waals surface area (Å²) in [5.74, 6) is -1.50. The first-order valence-corrected chi connectivity index (χ1v) is 11.1. The summed E-state index contributed by atoms with van der Waals surface area (Å²) in [6.45, 7) is 6.40. The van der Waals surface area contributed by atoms with Crippen molar-refractivity contribution in [3.8, 4) is 0 Å². The number of benzene rings is 1. The molecular weight excluding hydrogens is 441 g/mol. The predicted molar refractivity (Wildman–Crippen MR) is 117 cm³/mol. The van der Waals surface area contributed by atoms with Gasteiger partial charge in [0.15, 0.2) is 0 Å². The zero-order chi connectivity index (χ0) is 24.3. The van der Waals surface area contributed by atoms with Crippen LogP contribution in [0.1, 0.15) is 46.5 Å². The van der Waals surface area contributed by atoms with E-state index in [1.54, 1.807) is 25.1 Å². The van der Waals surface area contributed by atoms with Crippen molar-refractivity contribution >= 4 is 11.6 Å². The van der Waals surface area contributed by atoms with Crippen LogP contribution in [-0.4, -0.2) is 55.9 Å². The van der Waals surface area contributed by atoms with Crippen LogP contribution in [-0.2, 0) is 18.9 Å². The summed E-state index contributed by atoms with van der Waals surface area (Å²) in [6.07, 6.45) is -5.32. The number of nitrogens with zero attached hydrogens (tertiary/aromatic N) is 4. The Morgan fingerprint density at radius 3 is 2.21 bits per heavy atom. The van der Waals surface area contributed by atoms with E-state index in [9.17, 15) is 13.2 Å². The van der Waals surface area contributed by atoms with Crippen molar-refractivity contribution in [2.45, 2.75) is 83.3 Å². The predicted octanol–water partition coefficient (Wildman–Crippen LogP) is 6.09. The van der Waals surface area contributed by atoms with Gasteiger partial charge >= 0.3 is 6.18 Å². The van der Waals surface area contributed by atoms with Crippen molar-refractivity contribution in [3.63, 3.8) is 0 Å². The SMILES string of the molecule is CCCCOC1[C@H](C)O[C@@H](O/C(=N/c2ccccc2)C(F)(F)F)[C@@H](N=[N+]=[N-])[C@H]1OCCCC. The van der Waals surface area contributed by atoms with Crippen LogP contribution in [0.15, 0.2) is 40.4 Å². The minimum atomic E-state index is -4.89. The molecule has 11 heteroatoms. The molecule has 0 aromatic heterocycles. The molecule has 0 radical (unpaired) electrons. The Hall–Kier alpha value is -2.33. The van der Waals surface area contributed by atoms with E-state index in [-0.39, 0.29) is 5.69 Å². The van der Waals surface area contributed by atoms with Crippen molar-refractivity contribution in [3.05, 3.63) is 40.8 Å². The van der Waals surface area contributed by atoms with Crippen molar-refractivity contribution in [1.29, 1.82) is 0 Å². The molecule has 33 heavy (non-hydrogen) atoms. The number of hydrogen-bond acceptors (Lipinski definition) is 6. The Kier molecular flexibility index (Phi) is 10.9. The molecule has 0 amide bonds. The van der Waals surface area contributed by atoms with Crippen LogP contribution in [0.3, 0.4) is 0 Å². The molecule has 1 aromatic rings. The minimum absolute atomic E-state index is 0.0607. The first-order valence-electron chi connectivity index (χ1n) is 11.1. The minimum Gasteiger partial charge on any atom is -0.444 e. The molecule has 1 aromatic carbocycles. The normalized spacial score (nSPS) is 26.0. The number of aliphatic imine (C=N–C) groups is 1. The van der Waals surface area contributed by atoms with Gasteiger partial charge in [-0.1, -0.05) is 50.0 Å². The molecule has 1 fully saturated rings. The summed E-state index contributed by atoms with van der Waals surface area (Å²) < 4.78 is 64.0. The maximum Gasteiger partial charge on any atom is 0.468 e. The smallest absolute Gasteiger partial charge is 0.444 e. The molecule has 8 nitrogen and oxygen atoms in total. The van der Waals surface area contributed by atoms with Crippen LogP contribution in [0.2, 0.25) is 0 Å². The number of para-hydroxylation sites is 1. The Labute approximate surface area is 191 Å². The third kappa shape index (κ3) is 8.19. The molecule has 2 rings (SSSR count). The lowest BCUT2D eigenvalue weighted by molar-refractivity contribution is -0.256. The van der Waals surface area contributed by atoms with Gasteiger partial charge in [0.05, 0.1) is 11.8 Å². The van der Waals surface area contributed by atoms with Gasteiger partial charge in [0.1, 0.15) is 18.2 Å². The Balaban J connectivity index is 2.35. The summed E-state index contributed by atoms with van der Waals surface area (Å²) in [6, 6.07) is 6.40. The molecule has 1 unspecified atom stereocenters. The van der Waals surface area contributed by atoms with Crippen LogP contribution in [0.25, 0.3) is 10.4 Å². The lowest BCUT2D eigenvalue weighted by Gasteiger charge is -2.43. The van der Waals surface area contributed by atoms with Crippen molar-refractivity contribution < 1.29 is 32.1 Å². The zero-order valence-electron chi connectivity index (χ0n) is 19.1. The number of unbranched alkanes of at least 4 members (excludes halogenated alkanes) is 2. The first-order chi connectivity index (χ1) is 15.8. The highest BCUT2D eigenvalue weighted by Crippen LogP contribution is 2.32. The van der Waals surface area contributed by atoms with Crippen molar-refractivity contribution in [2.24, 2.45) is 10.1 Å². The molecule has 1 aliphatic rings. The highest BCUT2D eigenvalue weighted by Gasteiger charge is 2.49. The first kappa shape index (κ1) is 26.9. The van der Waals surface area contributed by atoms with Crippen molar-refractivity contribution in [1.82, 2.24) is 0 Å². The lowest BCUT2D eigenvalue weighted by Crippen LogP contribution is -2.59. The van der Waals surface area contributed by atoms with Crippen LogP contribution in [0.5, 0.6) is 0 Å². The van der Waals surface area contributed by atoms with E-state index >= 15 is 0 Å². The quantitative estimate of drug-likeness (QED) is 0.0972. The number of azide groups is 1. The zero-order valence-corrected chi connectivity index (χ0v) is 19.1. The van der Waals surface area contributed by atoms with Gasteiger partial charge in [-0.15, -0.1) is 0 Å². The second kappa shape index (κ2) is 13.4. The number of alkyl halides is 3. The summed E-state index contributed by atoms with van der Waals surface area (Å²) >= 11 is 0. The number of halogens is 3. The van der Waals surface area contributed by atoms with E-state index in [2.05, 4.69) is 15.0 Å². The second-order valence-corrected chi connectivity index (χ2v) is 7.65. The largest absolute Gasteiger partial charge is 0.468 e. The standard InChI is InChI=1S/C22H31F3N4O4/c1-4-6-13-30-18-15(3)32-20(17(28-29-26)19(18)31-14-7-5-2)33-21(22(23,24)25)27-16-11-9-8-10-12-16/h8-12,15,17-20H,4-7,13-14H2,1-3H3/b27-21+/t15-,17-,18?,19+,20-/m0/s1. The maximum absolute atomic E-state index is 13.7. The van der Waals surface area contributed by atoms with E-state index in [4.69, 9.17) is 24.5 Å². The van der Waals surface area contributed by atoms with E-state index in [1.165, 1.54) is 12.1 Å². The van der Waals surface area contributed by atoms with E-state index in [1.807, 2.05) is 13.8 Å². The van der Waals surface area contributed by atoms with Gasteiger partial charge in [-0.3, -0.25) is 0 Å². The fraction of sp³-hybridized carbons (Fsp3) is 0.682. The molecule has 0 bridgehead atoms. The molecule has 0 spiro atoms. The Bertz CT molecular complexity index is 788. The van der Waals surface area contributed by atoms with Gasteiger partial charge in [-0.05, 0) is 37.4 Å². The fourth-order valence-electron chi connectivity index (χ4n) is 3.30. The van der Waals surface area contributed by atoms with Gasteiger partial charge in [0.25, 0.3) is 5.90 Å². The monoisotopic (exact) mass is 472 g/mol. The molecule has 1 heterocycles. The molecule has 1 saturated heterocycles. The third-order valence-electron chi connectivity index (χ3n) is 5.01. The van der Waals surface area contributed by atoms with Gasteiger partial charge in [0.2, 0.25) is 6.29 Å². The Morgan fingerprint density at radius 2 is 1.67 bits per heavy atom. The topological polar surface area (TPSA) is 98.0 Å². The van der Waals surface area contributed by atoms with E-state index < -0.39 is 42.7 Å². The lowest BCUT2D eigenvalue weighted by atomic mass is 9.97.